The van der Waals surface area contributed by atoms with Gasteiger partial charge in [0.15, 0.2) is 6.61 Å². The Hall–Kier alpha value is -5.76. The number of hydrogen-bond acceptors (Lipinski definition) is 6. The van der Waals surface area contributed by atoms with Crippen LogP contribution in [0.3, 0.4) is 0 Å². The number of nitrogens with zero attached hydrogens (tertiary/aromatic N) is 3. The Balaban J connectivity index is 1.25. The van der Waals surface area contributed by atoms with Gasteiger partial charge in [0.25, 0.3) is 5.91 Å². The molecule has 8 nitrogen and oxygen atoms in total. The summed E-state index contributed by atoms with van der Waals surface area (Å²) < 4.78 is 12.5. The molecule has 0 saturated heterocycles. The summed E-state index contributed by atoms with van der Waals surface area (Å²) in [5.74, 6) is -1.04. The normalized spacial score (nSPS) is 11.3. The molecule has 1 amide bonds. The number of rotatable bonds is 8. The Morgan fingerprint density at radius 3 is 2.44 bits per heavy atom. The van der Waals surface area contributed by atoms with Gasteiger partial charge in [0, 0.05) is 35.2 Å². The summed E-state index contributed by atoms with van der Waals surface area (Å²) in [6.45, 7) is 1.86. The Bertz CT molecular complexity index is 2040. The van der Waals surface area contributed by atoms with E-state index in [2.05, 4.69) is 5.10 Å². The summed E-state index contributed by atoms with van der Waals surface area (Å²) in [5.41, 5.74) is 2.54. The second kappa shape index (κ2) is 12.0. The molecule has 2 aromatic heterocycles. The van der Waals surface area contributed by atoms with E-state index < -0.39 is 18.2 Å². The number of anilines is 1. The van der Waals surface area contributed by atoms with Gasteiger partial charge < -0.3 is 14.1 Å². The molecule has 6 rings (SSSR count). The van der Waals surface area contributed by atoms with Crippen molar-refractivity contribution in [2.75, 3.05) is 18.1 Å². The summed E-state index contributed by atoms with van der Waals surface area (Å²) in [6.07, 6.45) is 4.46. The number of esters is 1. The van der Waals surface area contributed by atoms with Crippen molar-refractivity contribution in [2.24, 2.45) is 0 Å². The Kier molecular flexibility index (Phi) is 7.65. The number of amides is 1. The molecule has 2 heterocycles. The molecule has 0 aliphatic carbocycles. The van der Waals surface area contributed by atoms with Crippen molar-refractivity contribution < 1.29 is 18.7 Å². The summed E-state index contributed by atoms with van der Waals surface area (Å²) >= 11 is 0. The summed E-state index contributed by atoms with van der Waals surface area (Å²) in [6, 6.07) is 31.9. The topological polar surface area (TPSA) is 94.6 Å². The van der Waals surface area contributed by atoms with E-state index >= 15 is 0 Å². The zero-order valence-electron chi connectivity index (χ0n) is 23.3. The number of hydrogen-bond donors (Lipinski definition) is 0. The van der Waals surface area contributed by atoms with Crippen molar-refractivity contribution in [2.45, 2.75) is 6.92 Å². The first kappa shape index (κ1) is 27.4. The van der Waals surface area contributed by atoms with Crippen LogP contribution >= 0.6 is 0 Å². The standard InChI is InChI=1S/C35H27N3O5/c1-2-37(30-17-10-13-24-11-6-8-16-28(24)30)32(39)23-42-33(40)20-19-26-22-38(27-14-4-3-5-15-27)36-34(26)29-21-25-12-7-9-18-31(25)43-35(29)41/h3-22H,2,23H2,1H3. The van der Waals surface area contributed by atoms with Gasteiger partial charge in [0.05, 0.1) is 16.9 Å². The van der Waals surface area contributed by atoms with Crippen molar-refractivity contribution in [3.05, 3.63) is 131 Å². The average molecular weight is 570 g/mol. The number of para-hydroxylation sites is 2. The fourth-order valence-corrected chi connectivity index (χ4v) is 5.00. The first-order chi connectivity index (χ1) is 21.0. The van der Waals surface area contributed by atoms with E-state index in [9.17, 15) is 14.4 Å². The summed E-state index contributed by atoms with van der Waals surface area (Å²) in [5, 5.41) is 7.35. The lowest BCUT2D eigenvalue weighted by atomic mass is 10.1. The van der Waals surface area contributed by atoms with Crippen LogP contribution in [0.15, 0.2) is 125 Å². The predicted molar refractivity (Wildman–Crippen MR) is 167 cm³/mol. The highest BCUT2D eigenvalue weighted by atomic mass is 16.5. The van der Waals surface area contributed by atoms with E-state index in [1.54, 1.807) is 34.0 Å². The monoisotopic (exact) mass is 569 g/mol. The molecular weight excluding hydrogens is 542 g/mol. The third kappa shape index (κ3) is 5.71. The van der Waals surface area contributed by atoms with Crippen LogP contribution in [-0.2, 0) is 14.3 Å². The molecule has 0 aliphatic heterocycles. The quantitative estimate of drug-likeness (QED) is 0.119. The van der Waals surface area contributed by atoms with E-state index in [4.69, 9.17) is 9.15 Å². The fraction of sp³-hybridized carbons (Fsp3) is 0.0857. The molecule has 0 saturated carbocycles. The Morgan fingerprint density at radius 1 is 0.907 bits per heavy atom. The Labute approximate surface area is 247 Å². The fourth-order valence-electron chi connectivity index (χ4n) is 5.00. The van der Waals surface area contributed by atoms with Gasteiger partial charge in [0.2, 0.25) is 0 Å². The van der Waals surface area contributed by atoms with Crippen LogP contribution in [-0.4, -0.2) is 34.8 Å². The lowest BCUT2D eigenvalue weighted by molar-refractivity contribution is -0.142. The molecule has 0 aliphatic rings. The molecule has 0 spiro atoms. The van der Waals surface area contributed by atoms with E-state index in [0.29, 0.717) is 23.4 Å². The zero-order valence-corrected chi connectivity index (χ0v) is 23.3. The van der Waals surface area contributed by atoms with Crippen LogP contribution in [0.25, 0.3) is 44.8 Å². The van der Waals surface area contributed by atoms with E-state index in [-0.39, 0.29) is 11.5 Å². The lowest BCUT2D eigenvalue weighted by Gasteiger charge is -2.22. The van der Waals surface area contributed by atoms with Crippen LogP contribution in [0.2, 0.25) is 0 Å². The van der Waals surface area contributed by atoms with Gasteiger partial charge >= 0.3 is 11.6 Å². The number of carbonyl (C=O) groups is 2. The van der Waals surface area contributed by atoms with Crippen molar-refractivity contribution in [1.29, 1.82) is 0 Å². The third-order valence-corrected chi connectivity index (χ3v) is 7.07. The zero-order chi connectivity index (χ0) is 29.8. The number of carbonyl (C=O) groups excluding carboxylic acids is 2. The second-order valence-electron chi connectivity index (χ2n) is 9.78. The van der Waals surface area contributed by atoms with Crippen molar-refractivity contribution in [3.63, 3.8) is 0 Å². The van der Waals surface area contributed by atoms with Crippen molar-refractivity contribution >= 4 is 45.4 Å². The number of benzene rings is 4. The molecule has 8 heteroatoms. The minimum atomic E-state index is -0.703. The largest absolute Gasteiger partial charge is 0.452 e. The molecule has 212 valence electrons. The highest BCUT2D eigenvalue weighted by molar-refractivity contribution is 6.04. The van der Waals surface area contributed by atoms with Gasteiger partial charge in [-0.05, 0) is 48.7 Å². The summed E-state index contributed by atoms with van der Waals surface area (Å²) in [7, 11) is 0. The maximum absolute atomic E-state index is 13.1. The first-order valence-electron chi connectivity index (χ1n) is 13.8. The smallest absolute Gasteiger partial charge is 0.345 e. The molecular formula is C35H27N3O5. The maximum Gasteiger partial charge on any atom is 0.345 e. The van der Waals surface area contributed by atoms with E-state index in [1.807, 2.05) is 91.9 Å². The molecule has 0 atom stereocenters. The average Bonchev–Trinajstić information content (AvgIpc) is 3.47. The van der Waals surface area contributed by atoms with Gasteiger partial charge in [-0.25, -0.2) is 14.3 Å². The van der Waals surface area contributed by atoms with Crippen LogP contribution in [0.1, 0.15) is 12.5 Å². The number of aromatic nitrogens is 2. The molecule has 0 unspecified atom stereocenters. The molecule has 0 fully saturated rings. The Morgan fingerprint density at radius 2 is 1.63 bits per heavy atom. The van der Waals surface area contributed by atoms with Gasteiger partial charge in [-0.3, -0.25) is 4.79 Å². The third-order valence-electron chi connectivity index (χ3n) is 7.07. The molecule has 0 bridgehead atoms. The second-order valence-corrected chi connectivity index (χ2v) is 9.78. The van der Waals surface area contributed by atoms with Crippen LogP contribution in [0.5, 0.6) is 0 Å². The SMILES string of the molecule is CCN(C(=O)COC(=O)C=Cc1cn(-c2ccccc2)nc1-c1cc2ccccc2oc1=O)c1cccc2ccccc12. The number of fused-ring (bicyclic) bond motifs is 2. The summed E-state index contributed by atoms with van der Waals surface area (Å²) in [4.78, 5) is 40.4. The minimum absolute atomic E-state index is 0.255. The maximum atomic E-state index is 13.1. The van der Waals surface area contributed by atoms with Crippen LogP contribution in [0.4, 0.5) is 5.69 Å². The molecule has 0 N–H and O–H groups in total. The first-order valence-corrected chi connectivity index (χ1v) is 13.8. The predicted octanol–water partition coefficient (Wildman–Crippen LogP) is 6.41. The van der Waals surface area contributed by atoms with Crippen LogP contribution in [0, 0.1) is 0 Å². The molecule has 6 aromatic rings. The number of likely N-dealkylation sites (N-methyl/N-ethyl adjacent to an activating group) is 1. The van der Waals surface area contributed by atoms with Gasteiger partial charge in [-0.15, -0.1) is 0 Å². The molecule has 43 heavy (non-hydrogen) atoms. The van der Waals surface area contributed by atoms with E-state index in [0.717, 1.165) is 27.5 Å². The van der Waals surface area contributed by atoms with Crippen LogP contribution < -0.4 is 10.5 Å². The van der Waals surface area contributed by atoms with Crippen molar-refractivity contribution in [1.82, 2.24) is 9.78 Å². The lowest BCUT2D eigenvalue weighted by Crippen LogP contribution is -2.34. The van der Waals surface area contributed by atoms with E-state index in [1.165, 1.54) is 12.2 Å². The van der Waals surface area contributed by atoms with Gasteiger partial charge in [-0.2, -0.15) is 5.10 Å². The highest BCUT2D eigenvalue weighted by Crippen LogP contribution is 2.27. The minimum Gasteiger partial charge on any atom is -0.452 e. The van der Waals surface area contributed by atoms with Gasteiger partial charge in [-0.1, -0.05) is 72.8 Å². The molecule has 0 radical (unpaired) electrons. The van der Waals surface area contributed by atoms with Gasteiger partial charge in [0.1, 0.15) is 11.3 Å². The number of ether oxygens (including phenoxy) is 1. The van der Waals surface area contributed by atoms with Crippen molar-refractivity contribution in [3.8, 4) is 16.9 Å². The highest BCUT2D eigenvalue weighted by Gasteiger charge is 2.19. The molecule has 4 aromatic carbocycles.